The first-order valence-corrected chi connectivity index (χ1v) is 4.58. The minimum absolute atomic E-state index is 0.147. The van der Waals surface area contributed by atoms with Crippen molar-refractivity contribution < 1.29 is 0 Å². The molecule has 0 aliphatic heterocycles. The molecule has 4 nitrogen and oxygen atoms in total. The molecule has 1 rings (SSSR count). The lowest BCUT2D eigenvalue weighted by Crippen LogP contribution is -2.25. The lowest BCUT2D eigenvalue weighted by Gasteiger charge is -2.20. The quantitative estimate of drug-likeness (QED) is 0.617. The van der Waals surface area contributed by atoms with Crippen molar-refractivity contribution in [2.45, 2.75) is 32.7 Å². The molecule has 5 N–H and O–H groups in total. The number of H-pyrrole nitrogens is 1. The molecule has 4 heteroatoms. The van der Waals surface area contributed by atoms with Crippen LogP contribution in [0, 0.1) is 0 Å². The molecule has 0 saturated carbocycles. The topological polar surface area (TPSA) is 84.9 Å². The number of nitrogens with one attached hydrogen (secondary N) is 1. The molecule has 0 saturated heterocycles. The third-order valence-corrected chi connectivity index (χ3v) is 2.12. The molecular formula is C10H17N3O. The van der Waals surface area contributed by atoms with E-state index in [1.807, 2.05) is 20.8 Å². The molecule has 0 atom stereocenters. The molecule has 1 aromatic rings. The van der Waals surface area contributed by atoms with Gasteiger partial charge in [-0.25, -0.2) is 0 Å². The summed E-state index contributed by atoms with van der Waals surface area (Å²) in [6, 6.07) is 1.65. The Hall–Kier alpha value is -1.29. The second-order valence-electron chi connectivity index (χ2n) is 4.41. The van der Waals surface area contributed by atoms with E-state index in [0.29, 0.717) is 11.3 Å². The van der Waals surface area contributed by atoms with Gasteiger partial charge in [-0.05, 0) is 6.07 Å². The molecule has 0 aliphatic carbocycles. The van der Waals surface area contributed by atoms with E-state index in [-0.39, 0.29) is 17.5 Å². The van der Waals surface area contributed by atoms with Crippen LogP contribution < -0.4 is 17.0 Å². The maximum atomic E-state index is 11.5. The second-order valence-corrected chi connectivity index (χ2v) is 4.41. The highest BCUT2D eigenvalue weighted by atomic mass is 16.1. The molecule has 0 amide bonds. The third-order valence-electron chi connectivity index (χ3n) is 2.12. The number of nitrogens with two attached hydrogens (primary N) is 2. The van der Waals surface area contributed by atoms with Crippen molar-refractivity contribution >= 4 is 5.69 Å². The summed E-state index contributed by atoms with van der Waals surface area (Å²) in [5.74, 6) is 0. The van der Waals surface area contributed by atoms with Crippen LogP contribution in [0.25, 0.3) is 0 Å². The molecular weight excluding hydrogens is 178 g/mol. The predicted molar refractivity (Wildman–Crippen MR) is 58.1 cm³/mol. The summed E-state index contributed by atoms with van der Waals surface area (Å²) in [5.41, 5.74) is 12.8. The molecule has 0 aliphatic rings. The number of aromatic nitrogens is 1. The summed E-state index contributed by atoms with van der Waals surface area (Å²) < 4.78 is 0. The summed E-state index contributed by atoms with van der Waals surface area (Å²) in [7, 11) is 0. The Morgan fingerprint density at radius 3 is 2.43 bits per heavy atom. The van der Waals surface area contributed by atoms with Crippen molar-refractivity contribution in [2.24, 2.45) is 5.73 Å². The van der Waals surface area contributed by atoms with Crippen molar-refractivity contribution in [3.05, 3.63) is 27.7 Å². The molecule has 0 aromatic carbocycles. The highest BCUT2D eigenvalue weighted by Crippen LogP contribution is 2.24. The third kappa shape index (κ3) is 1.96. The van der Waals surface area contributed by atoms with Crippen LogP contribution in [0.2, 0.25) is 0 Å². The SMILES string of the molecule is CC(C)(C)c1[nH]c(=O)c(CN)cc1N. The van der Waals surface area contributed by atoms with Gasteiger partial charge in [-0.15, -0.1) is 0 Å². The average molecular weight is 195 g/mol. The number of pyridine rings is 1. The van der Waals surface area contributed by atoms with Crippen LogP contribution in [-0.2, 0) is 12.0 Å². The molecule has 14 heavy (non-hydrogen) atoms. The Morgan fingerprint density at radius 1 is 1.43 bits per heavy atom. The van der Waals surface area contributed by atoms with Crippen LogP contribution in [-0.4, -0.2) is 4.98 Å². The van der Waals surface area contributed by atoms with E-state index < -0.39 is 0 Å². The smallest absolute Gasteiger partial charge is 0.252 e. The van der Waals surface area contributed by atoms with Crippen LogP contribution in [0.5, 0.6) is 0 Å². The highest BCUT2D eigenvalue weighted by Gasteiger charge is 2.18. The van der Waals surface area contributed by atoms with Crippen LogP contribution >= 0.6 is 0 Å². The zero-order valence-electron chi connectivity index (χ0n) is 8.85. The molecule has 1 aromatic heterocycles. The Kier molecular flexibility index (Phi) is 2.66. The van der Waals surface area contributed by atoms with Gasteiger partial charge in [0, 0.05) is 23.2 Å². The monoisotopic (exact) mass is 195 g/mol. The zero-order chi connectivity index (χ0) is 10.9. The van der Waals surface area contributed by atoms with Gasteiger partial charge in [0.15, 0.2) is 0 Å². The molecule has 1 heterocycles. The number of rotatable bonds is 1. The minimum Gasteiger partial charge on any atom is -0.397 e. The summed E-state index contributed by atoms with van der Waals surface area (Å²) in [4.78, 5) is 14.3. The first-order chi connectivity index (χ1) is 6.36. The summed E-state index contributed by atoms with van der Waals surface area (Å²) >= 11 is 0. The Labute approximate surface area is 83.3 Å². The fourth-order valence-electron chi connectivity index (χ4n) is 1.36. The van der Waals surface area contributed by atoms with E-state index in [0.717, 1.165) is 5.69 Å². The lowest BCUT2D eigenvalue weighted by molar-refractivity contribution is 0.568. The highest BCUT2D eigenvalue weighted by molar-refractivity contribution is 5.47. The number of nitrogen functional groups attached to an aromatic ring is 1. The molecule has 0 spiro atoms. The summed E-state index contributed by atoms with van der Waals surface area (Å²) in [6.07, 6.45) is 0. The maximum absolute atomic E-state index is 11.5. The first-order valence-electron chi connectivity index (χ1n) is 4.58. The van der Waals surface area contributed by atoms with Gasteiger partial charge in [0.25, 0.3) is 5.56 Å². The van der Waals surface area contributed by atoms with E-state index in [9.17, 15) is 4.79 Å². The maximum Gasteiger partial charge on any atom is 0.252 e. The first kappa shape index (κ1) is 10.8. The van der Waals surface area contributed by atoms with Crippen molar-refractivity contribution in [2.75, 3.05) is 5.73 Å². The largest absolute Gasteiger partial charge is 0.397 e. The second kappa shape index (κ2) is 3.46. The lowest BCUT2D eigenvalue weighted by atomic mass is 9.90. The van der Waals surface area contributed by atoms with E-state index in [2.05, 4.69) is 4.98 Å². The predicted octanol–water partition coefficient (Wildman–Crippen LogP) is 0.713. The molecule has 0 radical (unpaired) electrons. The van der Waals surface area contributed by atoms with Crippen molar-refractivity contribution in [3.63, 3.8) is 0 Å². The summed E-state index contributed by atoms with van der Waals surface area (Å²) in [6.45, 7) is 6.20. The molecule has 0 bridgehead atoms. The minimum atomic E-state index is -0.156. The van der Waals surface area contributed by atoms with Gasteiger partial charge in [-0.1, -0.05) is 20.8 Å². The fraction of sp³-hybridized carbons (Fsp3) is 0.500. The Morgan fingerprint density at radius 2 is 2.00 bits per heavy atom. The van der Waals surface area contributed by atoms with Gasteiger partial charge in [-0.3, -0.25) is 4.79 Å². The standard InChI is InChI=1S/C10H17N3O/c1-10(2,3)8-7(12)4-6(5-11)9(14)13-8/h4H,5,11-12H2,1-3H3,(H,13,14). The molecule has 0 unspecified atom stereocenters. The van der Waals surface area contributed by atoms with Gasteiger partial charge in [0.05, 0.1) is 5.69 Å². The van der Waals surface area contributed by atoms with Crippen molar-refractivity contribution in [3.8, 4) is 0 Å². The van der Waals surface area contributed by atoms with E-state index in [1.54, 1.807) is 6.07 Å². The Bertz CT molecular complexity index is 387. The van der Waals surface area contributed by atoms with Crippen LogP contribution in [0.4, 0.5) is 5.69 Å². The van der Waals surface area contributed by atoms with Gasteiger partial charge in [-0.2, -0.15) is 0 Å². The van der Waals surface area contributed by atoms with Crippen molar-refractivity contribution in [1.29, 1.82) is 0 Å². The number of hydrogen-bond donors (Lipinski definition) is 3. The van der Waals surface area contributed by atoms with Gasteiger partial charge in [0.1, 0.15) is 0 Å². The van der Waals surface area contributed by atoms with Crippen LogP contribution in [0.1, 0.15) is 32.0 Å². The average Bonchev–Trinajstić information content (AvgIpc) is 2.06. The van der Waals surface area contributed by atoms with Crippen LogP contribution in [0.3, 0.4) is 0 Å². The molecule has 0 fully saturated rings. The van der Waals surface area contributed by atoms with Gasteiger partial charge >= 0.3 is 0 Å². The van der Waals surface area contributed by atoms with E-state index in [1.165, 1.54) is 0 Å². The summed E-state index contributed by atoms with van der Waals surface area (Å²) in [5, 5.41) is 0. The number of hydrogen-bond acceptors (Lipinski definition) is 3. The zero-order valence-corrected chi connectivity index (χ0v) is 8.85. The van der Waals surface area contributed by atoms with Gasteiger partial charge in [0.2, 0.25) is 0 Å². The Balaban J connectivity index is 3.37. The van der Waals surface area contributed by atoms with Crippen LogP contribution in [0.15, 0.2) is 10.9 Å². The molecule has 78 valence electrons. The van der Waals surface area contributed by atoms with Gasteiger partial charge < -0.3 is 16.5 Å². The number of anilines is 1. The van der Waals surface area contributed by atoms with E-state index in [4.69, 9.17) is 11.5 Å². The van der Waals surface area contributed by atoms with E-state index >= 15 is 0 Å². The number of aromatic amines is 1. The fourth-order valence-corrected chi connectivity index (χ4v) is 1.36. The van der Waals surface area contributed by atoms with Crippen molar-refractivity contribution in [1.82, 2.24) is 4.98 Å². The normalized spacial score (nSPS) is 11.7.